The summed E-state index contributed by atoms with van der Waals surface area (Å²) in [5.41, 5.74) is -0.670. The van der Waals surface area contributed by atoms with Crippen LogP contribution < -0.4 is 4.74 Å². The van der Waals surface area contributed by atoms with Crippen molar-refractivity contribution in [1.82, 2.24) is 0 Å². The molecule has 3 saturated carbocycles. The molecule has 4 rings (SSSR count). The average molecular weight is 530 g/mol. The Kier molecular flexibility index (Phi) is 11.0. The summed E-state index contributed by atoms with van der Waals surface area (Å²) in [6.07, 6.45) is 19.7. The Morgan fingerprint density at radius 1 is 0.868 bits per heavy atom. The summed E-state index contributed by atoms with van der Waals surface area (Å²) in [4.78, 5) is 12.5. The van der Waals surface area contributed by atoms with Crippen LogP contribution in [0.3, 0.4) is 0 Å². The molecule has 0 heterocycles. The first-order valence-electron chi connectivity index (χ1n) is 15.2. The van der Waals surface area contributed by atoms with E-state index in [9.17, 15) is 13.6 Å². The van der Waals surface area contributed by atoms with Crippen LogP contribution >= 0.6 is 0 Å². The van der Waals surface area contributed by atoms with Gasteiger partial charge in [-0.05, 0) is 87.9 Å². The van der Waals surface area contributed by atoms with E-state index in [0.717, 1.165) is 49.3 Å². The molecular formula is C32H45F2NO3. The van der Waals surface area contributed by atoms with Gasteiger partial charge < -0.3 is 9.47 Å². The number of halogens is 2. The van der Waals surface area contributed by atoms with E-state index in [1.807, 2.05) is 0 Å². The summed E-state index contributed by atoms with van der Waals surface area (Å²) in [6, 6.07) is 3.25. The molecule has 0 atom stereocenters. The highest BCUT2D eigenvalue weighted by Crippen LogP contribution is 2.42. The minimum atomic E-state index is -1.02. The van der Waals surface area contributed by atoms with Gasteiger partial charge in [0, 0.05) is 18.7 Å². The summed E-state index contributed by atoms with van der Waals surface area (Å²) in [7, 11) is 0. The van der Waals surface area contributed by atoms with Crippen LogP contribution in [0.1, 0.15) is 115 Å². The molecule has 6 heteroatoms. The van der Waals surface area contributed by atoms with Crippen molar-refractivity contribution in [1.29, 1.82) is 5.26 Å². The Labute approximate surface area is 227 Å². The normalized spacial score (nSPS) is 29.9. The number of nitriles is 1. The number of hydrogen-bond acceptors (Lipinski definition) is 4. The molecule has 1 aromatic rings. The second kappa shape index (κ2) is 14.4. The van der Waals surface area contributed by atoms with E-state index in [4.69, 9.17) is 14.7 Å². The van der Waals surface area contributed by atoms with E-state index in [1.165, 1.54) is 83.1 Å². The lowest BCUT2D eigenvalue weighted by atomic mass is 9.69. The number of carbonyl (C=O) groups excluding carboxylic acids is 1. The Hall–Kier alpha value is -2.00. The molecular weight excluding hydrogens is 484 g/mol. The first kappa shape index (κ1) is 29.0. The fourth-order valence-corrected chi connectivity index (χ4v) is 7.11. The largest absolute Gasteiger partial charge is 0.426 e. The van der Waals surface area contributed by atoms with Gasteiger partial charge in [0.05, 0.1) is 12.0 Å². The van der Waals surface area contributed by atoms with Gasteiger partial charge in [-0.15, -0.1) is 0 Å². The number of esters is 1. The molecule has 1 aromatic carbocycles. The smallest absolute Gasteiger partial charge is 0.314 e. The third-order valence-corrected chi connectivity index (χ3v) is 9.59. The van der Waals surface area contributed by atoms with Crippen molar-refractivity contribution in [2.45, 2.75) is 116 Å². The monoisotopic (exact) mass is 529 g/mol. The summed E-state index contributed by atoms with van der Waals surface area (Å²) >= 11 is 0. The standard InChI is InChI=1S/C32H45F2NO3/c1-2-3-4-5-22-6-10-24(11-7-22)25-12-8-23(9-13-25)21-37-27-16-14-26(15-17-27)32(36)38-28-18-30(33)29(20-35)31(34)19-28/h18-19,22-27H,2-17,21H2,1H3. The second-order valence-corrected chi connectivity index (χ2v) is 12.2. The van der Waals surface area contributed by atoms with E-state index in [1.54, 1.807) is 0 Å². The molecule has 3 fully saturated rings. The van der Waals surface area contributed by atoms with Crippen molar-refractivity contribution in [2.75, 3.05) is 6.61 Å². The van der Waals surface area contributed by atoms with Crippen molar-refractivity contribution in [3.63, 3.8) is 0 Å². The highest BCUT2D eigenvalue weighted by atomic mass is 19.1. The minimum absolute atomic E-state index is 0.171. The zero-order chi connectivity index (χ0) is 26.9. The molecule has 0 aromatic heterocycles. The summed E-state index contributed by atoms with van der Waals surface area (Å²) < 4.78 is 39.1. The molecule has 0 spiro atoms. The third-order valence-electron chi connectivity index (χ3n) is 9.59. The van der Waals surface area contributed by atoms with Gasteiger partial charge in [0.25, 0.3) is 0 Å². The van der Waals surface area contributed by atoms with Gasteiger partial charge in [0.15, 0.2) is 0 Å². The molecule has 210 valence electrons. The van der Waals surface area contributed by atoms with Gasteiger partial charge in [0.1, 0.15) is 29.0 Å². The van der Waals surface area contributed by atoms with Crippen molar-refractivity contribution in [3.8, 4) is 11.8 Å². The molecule has 0 N–H and O–H groups in total. The van der Waals surface area contributed by atoms with Crippen LogP contribution in [0.25, 0.3) is 0 Å². The Morgan fingerprint density at radius 3 is 2.00 bits per heavy atom. The number of hydrogen-bond donors (Lipinski definition) is 0. The maximum Gasteiger partial charge on any atom is 0.314 e. The molecule has 0 unspecified atom stereocenters. The minimum Gasteiger partial charge on any atom is -0.426 e. The number of ether oxygens (including phenoxy) is 2. The number of rotatable bonds is 10. The van der Waals surface area contributed by atoms with Crippen LogP contribution in [0.4, 0.5) is 8.78 Å². The summed E-state index contributed by atoms with van der Waals surface area (Å²) in [5, 5.41) is 8.78. The highest BCUT2D eigenvalue weighted by molar-refractivity contribution is 5.75. The summed E-state index contributed by atoms with van der Waals surface area (Å²) in [5.74, 6) is 0.501. The number of benzene rings is 1. The number of carbonyl (C=O) groups is 1. The topological polar surface area (TPSA) is 59.3 Å². The Bertz CT molecular complexity index is 914. The maximum absolute atomic E-state index is 13.8. The SMILES string of the molecule is CCCCCC1CCC(C2CCC(COC3CCC(C(=O)Oc4cc(F)c(C#N)c(F)c4)CC3)CC2)CC1. The van der Waals surface area contributed by atoms with Crippen LogP contribution in [0, 0.1) is 52.6 Å². The Morgan fingerprint density at radius 2 is 1.45 bits per heavy atom. The van der Waals surface area contributed by atoms with Crippen molar-refractivity contribution >= 4 is 5.97 Å². The maximum atomic E-state index is 13.8. The molecule has 38 heavy (non-hydrogen) atoms. The molecule has 3 aliphatic rings. The van der Waals surface area contributed by atoms with E-state index in [-0.39, 0.29) is 17.8 Å². The number of nitrogens with zero attached hydrogens (tertiary/aromatic N) is 1. The fourth-order valence-electron chi connectivity index (χ4n) is 7.11. The van der Waals surface area contributed by atoms with E-state index in [2.05, 4.69) is 6.92 Å². The van der Waals surface area contributed by atoms with Crippen LogP contribution in [-0.2, 0) is 9.53 Å². The third kappa shape index (κ3) is 8.01. The molecule has 0 amide bonds. The second-order valence-electron chi connectivity index (χ2n) is 12.2. The average Bonchev–Trinajstić information content (AvgIpc) is 2.93. The fraction of sp³-hybridized carbons (Fsp3) is 0.750. The first-order chi connectivity index (χ1) is 18.5. The van der Waals surface area contributed by atoms with Gasteiger partial charge in [-0.25, -0.2) is 8.78 Å². The first-order valence-corrected chi connectivity index (χ1v) is 15.2. The predicted molar refractivity (Wildman–Crippen MR) is 143 cm³/mol. The summed E-state index contributed by atoms with van der Waals surface area (Å²) in [6.45, 7) is 3.11. The lowest BCUT2D eigenvalue weighted by Crippen LogP contribution is -2.31. The van der Waals surface area contributed by atoms with Crippen LogP contribution in [0.2, 0.25) is 0 Å². The Balaban J connectivity index is 1.10. The van der Waals surface area contributed by atoms with Gasteiger partial charge in [-0.1, -0.05) is 45.4 Å². The van der Waals surface area contributed by atoms with E-state index in [0.29, 0.717) is 18.8 Å². The van der Waals surface area contributed by atoms with Gasteiger partial charge in [-0.2, -0.15) is 5.26 Å². The lowest BCUT2D eigenvalue weighted by Gasteiger charge is -2.38. The molecule has 0 saturated heterocycles. The highest BCUT2D eigenvalue weighted by Gasteiger charge is 2.32. The van der Waals surface area contributed by atoms with Crippen LogP contribution in [-0.4, -0.2) is 18.7 Å². The van der Waals surface area contributed by atoms with E-state index < -0.39 is 23.2 Å². The zero-order valence-electron chi connectivity index (χ0n) is 23.1. The molecule has 0 radical (unpaired) electrons. The van der Waals surface area contributed by atoms with Gasteiger partial charge in [-0.3, -0.25) is 4.79 Å². The van der Waals surface area contributed by atoms with Gasteiger partial charge >= 0.3 is 5.97 Å². The molecule has 4 nitrogen and oxygen atoms in total. The zero-order valence-corrected chi connectivity index (χ0v) is 23.1. The van der Waals surface area contributed by atoms with Crippen molar-refractivity contribution < 1.29 is 23.0 Å². The lowest BCUT2D eigenvalue weighted by molar-refractivity contribution is -0.141. The van der Waals surface area contributed by atoms with Crippen LogP contribution in [0.15, 0.2) is 12.1 Å². The van der Waals surface area contributed by atoms with Crippen molar-refractivity contribution in [2.24, 2.45) is 29.6 Å². The predicted octanol–water partition coefficient (Wildman–Crippen LogP) is 8.51. The van der Waals surface area contributed by atoms with Gasteiger partial charge in [0.2, 0.25) is 0 Å². The molecule has 0 aliphatic heterocycles. The molecule has 3 aliphatic carbocycles. The number of unbranched alkanes of at least 4 members (excludes halogenated alkanes) is 2. The quantitative estimate of drug-likeness (QED) is 0.173. The van der Waals surface area contributed by atoms with E-state index >= 15 is 0 Å². The van der Waals surface area contributed by atoms with Crippen LogP contribution in [0.5, 0.6) is 5.75 Å². The van der Waals surface area contributed by atoms with Crippen molar-refractivity contribution in [3.05, 3.63) is 29.3 Å². The molecule has 0 bridgehead atoms.